The van der Waals surface area contributed by atoms with Crippen molar-refractivity contribution >= 4 is 23.7 Å². The molecule has 0 spiro atoms. The molecule has 0 aliphatic rings. The first-order valence-corrected chi connectivity index (χ1v) is 6.93. The Morgan fingerprint density at radius 3 is 2.27 bits per heavy atom. The highest BCUT2D eigenvalue weighted by Crippen LogP contribution is 2.04. The maximum absolute atomic E-state index is 11.4. The second-order valence-electron chi connectivity index (χ2n) is 4.65. The predicted octanol–water partition coefficient (Wildman–Crippen LogP) is 0.712. The highest BCUT2D eigenvalue weighted by Gasteiger charge is 2.23. The molecule has 0 fully saturated rings. The molecule has 0 saturated carbocycles. The second-order valence-corrected chi connectivity index (χ2v) is 4.65. The maximum atomic E-state index is 11.4. The van der Waals surface area contributed by atoms with Gasteiger partial charge < -0.3 is 19.3 Å². The molecule has 126 valence electrons. The Kier molecular flexibility index (Phi) is 10.6. The van der Waals surface area contributed by atoms with Crippen molar-refractivity contribution in [1.29, 1.82) is 0 Å². The Bertz CT molecular complexity index is 390. The predicted molar refractivity (Wildman–Crippen MR) is 74.1 cm³/mol. The number of ether oxygens (including phenoxy) is 3. The third-order valence-electron chi connectivity index (χ3n) is 2.67. The van der Waals surface area contributed by atoms with Gasteiger partial charge in [-0.05, 0) is 19.8 Å². The van der Waals surface area contributed by atoms with Gasteiger partial charge in [0.25, 0.3) is 0 Å². The fraction of sp³-hybridized carbons (Fsp3) is 0.714. The van der Waals surface area contributed by atoms with Crippen LogP contribution in [0.15, 0.2) is 0 Å². The minimum Gasteiger partial charge on any atom is -0.481 e. The first kappa shape index (κ1) is 20.0. The molecule has 0 aliphatic heterocycles. The van der Waals surface area contributed by atoms with Gasteiger partial charge in [0.15, 0.2) is 18.5 Å². The SMILES string of the molecule is COCCCCCC(=O)OCC(=O)OC(CC(=O)O)C(C)=O. The Balaban J connectivity index is 3.93. The molecule has 8 nitrogen and oxygen atoms in total. The number of rotatable bonds is 12. The monoisotopic (exact) mass is 318 g/mol. The van der Waals surface area contributed by atoms with Gasteiger partial charge in [-0.1, -0.05) is 6.42 Å². The molecule has 0 bridgehead atoms. The largest absolute Gasteiger partial charge is 0.481 e. The molecule has 0 aromatic rings. The number of methoxy groups -OCH3 is 1. The van der Waals surface area contributed by atoms with Crippen LogP contribution in [0.4, 0.5) is 0 Å². The van der Waals surface area contributed by atoms with E-state index >= 15 is 0 Å². The highest BCUT2D eigenvalue weighted by molar-refractivity contribution is 5.87. The summed E-state index contributed by atoms with van der Waals surface area (Å²) < 4.78 is 14.2. The fourth-order valence-electron chi connectivity index (χ4n) is 1.52. The minimum atomic E-state index is -1.36. The number of carbonyl (C=O) groups is 4. The topological polar surface area (TPSA) is 116 Å². The van der Waals surface area contributed by atoms with Crippen molar-refractivity contribution in [1.82, 2.24) is 0 Å². The average molecular weight is 318 g/mol. The summed E-state index contributed by atoms with van der Waals surface area (Å²) in [7, 11) is 1.60. The number of ketones is 1. The van der Waals surface area contributed by atoms with E-state index in [0.717, 1.165) is 19.8 Å². The molecule has 0 heterocycles. The zero-order chi connectivity index (χ0) is 17.0. The van der Waals surface area contributed by atoms with Crippen molar-refractivity contribution in [3.05, 3.63) is 0 Å². The molecular formula is C14H22O8. The normalized spacial score (nSPS) is 11.5. The molecule has 1 unspecified atom stereocenters. The zero-order valence-corrected chi connectivity index (χ0v) is 12.8. The molecule has 0 aromatic heterocycles. The molecule has 1 N–H and O–H groups in total. The summed E-state index contributed by atoms with van der Waals surface area (Å²) in [6, 6.07) is 0. The van der Waals surface area contributed by atoms with Crippen LogP contribution in [0.25, 0.3) is 0 Å². The van der Waals surface area contributed by atoms with E-state index in [2.05, 4.69) is 4.74 Å². The van der Waals surface area contributed by atoms with Gasteiger partial charge in [0, 0.05) is 20.1 Å². The van der Waals surface area contributed by atoms with Crippen LogP contribution < -0.4 is 0 Å². The lowest BCUT2D eigenvalue weighted by Gasteiger charge is -2.13. The Hall–Kier alpha value is -1.96. The van der Waals surface area contributed by atoms with Gasteiger partial charge in [-0.3, -0.25) is 14.4 Å². The van der Waals surface area contributed by atoms with Crippen LogP contribution >= 0.6 is 0 Å². The van der Waals surface area contributed by atoms with E-state index in [4.69, 9.17) is 14.6 Å². The van der Waals surface area contributed by atoms with Crippen molar-refractivity contribution in [3.8, 4) is 0 Å². The molecule has 1 atom stereocenters. The van der Waals surface area contributed by atoms with Gasteiger partial charge in [0.05, 0.1) is 6.42 Å². The molecule has 0 rings (SSSR count). The summed E-state index contributed by atoms with van der Waals surface area (Å²) in [5.74, 6) is -3.34. The van der Waals surface area contributed by atoms with Gasteiger partial charge in [-0.2, -0.15) is 0 Å². The van der Waals surface area contributed by atoms with Crippen LogP contribution in [0.5, 0.6) is 0 Å². The van der Waals surface area contributed by atoms with Crippen molar-refractivity contribution in [2.45, 2.75) is 45.1 Å². The van der Waals surface area contributed by atoms with Crippen LogP contribution in [-0.4, -0.2) is 55.2 Å². The molecule has 22 heavy (non-hydrogen) atoms. The standard InChI is InChI=1S/C14H22O8/c1-10(15)11(8-12(16)17)22-14(19)9-21-13(18)6-4-3-5-7-20-2/h11H,3-9H2,1-2H3,(H,16,17). The smallest absolute Gasteiger partial charge is 0.345 e. The van der Waals surface area contributed by atoms with Crippen LogP contribution in [0.2, 0.25) is 0 Å². The number of Topliss-reactive ketones (excluding diaryl/α,β-unsaturated/α-hetero) is 1. The molecule has 0 saturated heterocycles. The van der Waals surface area contributed by atoms with E-state index in [1.54, 1.807) is 7.11 Å². The molecule has 0 aromatic carbocycles. The summed E-state index contributed by atoms with van der Waals surface area (Å²) in [6.45, 7) is 1.10. The fourth-order valence-corrected chi connectivity index (χ4v) is 1.52. The van der Waals surface area contributed by atoms with Crippen LogP contribution in [-0.2, 0) is 33.4 Å². The van der Waals surface area contributed by atoms with E-state index in [-0.39, 0.29) is 6.42 Å². The van der Waals surface area contributed by atoms with E-state index in [0.29, 0.717) is 13.0 Å². The highest BCUT2D eigenvalue weighted by atomic mass is 16.6. The van der Waals surface area contributed by atoms with Crippen LogP contribution in [0.1, 0.15) is 39.0 Å². The number of esters is 2. The van der Waals surface area contributed by atoms with Gasteiger partial charge >= 0.3 is 17.9 Å². The Morgan fingerprint density at radius 1 is 1.05 bits per heavy atom. The zero-order valence-electron chi connectivity index (χ0n) is 12.8. The number of aliphatic carboxylic acids is 1. The van der Waals surface area contributed by atoms with E-state index in [1.165, 1.54) is 0 Å². The van der Waals surface area contributed by atoms with E-state index in [9.17, 15) is 19.2 Å². The van der Waals surface area contributed by atoms with Crippen molar-refractivity contribution in [2.75, 3.05) is 20.3 Å². The summed E-state index contributed by atoms with van der Waals surface area (Å²) in [5, 5.41) is 8.58. The second kappa shape index (κ2) is 11.7. The van der Waals surface area contributed by atoms with Gasteiger partial charge in [0.2, 0.25) is 0 Å². The van der Waals surface area contributed by atoms with Gasteiger partial charge in [0.1, 0.15) is 0 Å². The number of hydrogen-bond donors (Lipinski definition) is 1. The van der Waals surface area contributed by atoms with E-state index < -0.39 is 42.8 Å². The quantitative estimate of drug-likeness (QED) is 0.413. The average Bonchev–Trinajstić information content (AvgIpc) is 2.43. The summed E-state index contributed by atoms with van der Waals surface area (Å²) >= 11 is 0. The Morgan fingerprint density at radius 2 is 1.73 bits per heavy atom. The van der Waals surface area contributed by atoms with E-state index in [1.807, 2.05) is 0 Å². The molecule has 0 amide bonds. The van der Waals surface area contributed by atoms with Crippen molar-refractivity contribution in [3.63, 3.8) is 0 Å². The van der Waals surface area contributed by atoms with Crippen LogP contribution in [0.3, 0.4) is 0 Å². The number of carboxylic acid groups (broad SMARTS) is 1. The number of carboxylic acids is 1. The summed E-state index contributed by atoms with van der Waals surface area (Å²) in [5.41, 5.74) is 0. The van der Waals surface area contributed by atoms with Crippen molar-refractivity contribution in [2.24, 2.45) is 0 Å². The van der Waals surface area contributed by atoms with Crippen molar-refractivity contribution < 1.29 is 38.5 Å². The summed E-state index contributed by atoms with van der Waals surface area (Å²) in [6.07, 6.45) is 0.445. The molecule has 0 aliphatic carbocycles. The summed E-state index contributed by atoms with van der Waals surface area (Å²) in [4.78, 5) is 44.4. The third kappa shape index (κ3) is 10.8. The number of carbonyl (C=O) groups excluding carboxylic acids is 3. The first-order chi connectivity index (χ1) is 10.4. The van der Waals surface area contributed by atoms with Gasteiger partial charge in [-0.15, -0.1) is 0 Å². The first-order valence-electron chi connectivity index (χ1n) is 6.93. The molecule has 0 radical (unpaired) electrons. The van der Waals surface area contributed by atoms with Crippen LogP contribution in [0, 0.1) is 0 Å². The third-order valence-corrected chi connectivity index (χ3v) is 2.67. The lowest BCUT2D eigenvalue weighted by molar-refractivity contribution is -0.166. The Labute approximate surface area is 128 Å². The molecule has 8 heteroatoms. The van der Waals surface area contributed by atoms with Gasteiger partial charge in [-0.25, -0.2) is 4.79 Å². The lowest BCUT2D eigenvalue weighted by atomic mass is 10.2. The lowest BCUT2D eigenvalue weighted by Crippen LogP contribution is -2.30. The maximum Gasteiger partial charge on any atom is 0.345 e. The number of hydrogen-bond acceptors (Lipinski definition) is 7. The number of unbranched alkanes of at least 4 members (excludes halogenated alkanes) is 2. The minimum absolute atomic E-state index is 0.169. The molecular weight excluding hydrogens is 296 g/mol.